The van der Waals surface area contributed by atoms with Crippen LogP contribution in [0.25, 0.3) is 0 Å². The molecule has 0 heterocycles. The van der Waals surface area contributed by atoms with Gasteiger partial charge in [0.15, 0.2) is 0 Å². The fourth-order valence-corrected chi connectivity index (χ4v) is 0. The van der Waals surface area contributed by atoms with Crippen molar-refractivity contribution in [2.24, 2.45) is 0 Å². The molecule has 0 aromatic rings. The van der Waals surface area contributed by atoms with Crippen molar-refractivity contribution in [3.8, 4) is 0 Å². The topological polar surface area (TPSA) is 0 Å². The van der Waals surface area contributed by atoms with Crippen LogP contribution in [-0.2, 0) is 0 Å². The first-order valence-electron chi connectivity index (χ1n) is 2.13. The number of rotatable bonds is 1. The van der Waals surface area contributed by atoms with E-state index >= 15 is 0 Å². The summed E-state index contributed by atoms with van der Waals surface area (Å²) in [6, 6.07) is 0. The molecule has 0 aromatic carbocycles. The Morgan fingerprint density at radius 3 is 1.25 bits per heavy atom. The van der Waals surface area contributed by atoms with Gasteiger partial charge >= 0.3 is 18.9 Å². The summed E-state index contributed by atoms with van der Waals surface area (Å²) in [5, 5.41) is 0. The summed E-state index contributed by atoms with van der Waals surface area (Å²) in [7, 11) is -1.10. The van der Waals surface area contributed by atoms with Crippen LogP contribution in [0.15, 0.2) is 0 Å². The Hall–Kier alpha value is 1.61. The predicted molar refractivity (Wildman–Crippen MR) is 40.8 cm³/mol. The molecule has 0 rings (SSSR count). The third-order valence-electron chi connectivity index (χ3n) is 0.567. The number of hydrogen-bond donors (Lipinski definition) is 0. The van der Waals surface area contributed by atoms with Crippen LogP contribution in [0.5, 0.6) is 0 Å². The maximum atomic E-state index is 5.68. The van der Waals surface area contributed by atoms with Crippen LogP contribution in [0.3, 0.4) is 0 Å². The van der Waals surface area contributed by atoms with Gasteiger partial charge in [-0.05, 0) is 0 Å². The van der Waals surface area contributed by atoms with Crippen LogP contribution >= 0.6 is 22.2 Å². The Morgan fingerprint density at radius 2 is 1.25 bits per heavy atom. The first-order valence-corrected chi connectivity index (χ1v) is 10.2. The van der Waals surface area contributed by atoms with Gasteiger partial charge in [0.05, 0.1) is 0 Å². The predicted octanol–water partition coefficient (Wildman–Crippen LogP) is -0.627. The summed E-state index contributed by atoms with van der Waals surface area (Å²) < 4.78 is 0. The van der Waals surface area contributed by atoms with Crippen molar-refractivity contribution < 1.29 is 18.9 Å². The Bertz CT molecular complexity index is 60.8. The average Bonchev–Trinajstić information content (AvgIpc) is 1.31. The van der Waals surface area contributed by atoms with Gasteiger partial charge in [-0.25, -0.2) is 0 Å². The van der Waals surface area contributed by atoms with Crippen molar-refractivity contribution >= 4 is 36.7 Å². The normalized spacial score (nSPS) is 11.2. The minimum atomic E-state index is -1.10. The molecule has 0 amide bonds. The molecule has 0 aliphatic rings. The quantitative estimate of drug-likeness (QED) is 0.371. The van der Waals surface area contributed by atoms with Crippen molar-refractivity contribution in [3.63, 3.8) is 0 Å². The maximum absolute atomic E-state index is 5.68. The van der Waals surface area contributed by atoms with E-state index in [4.69, 9.17) is 22.2 Å². The molecule has 0 fully saturated rings. The van der Waals surface area contributed by atoms with Gasteiger partial charge in [-0.2, -0.15) is 0 Å². The minimum absolute atomic E-state index is 0. The van der Waals surface area contributed by atoms with Gasteiger partial charge in [0.25, 0.3) is 0 Å². The van der Waals surface area contributed by atoms with E-state index < -0.39 is 14.5 Å². The number of hydrogen-bond acceptors (Lipinski definition) is 0. The fourth-order valence-electron chi connectivity index (χ4n) is 0. The zero-order chi connectivity index (χ0) is 6.08. The van der Waals surface area contributed by atoms with Gasteiger partial charge in [0.2, 0.25) is 0 Å². The standard InChI is InChI=1S/C3H9Cl2Si2.Li/c1-7(2,3)6(4)5;/h1-3H3;/q-1;+1. The van der Waals surface area contributed by atoms with E-state index in [1.54, 1.807) is 0 Å². The van der Waals surface area contributed by atoms with E-state index in [9.17, 15) is 0 Å². The number of halogens is 2. The van der Waals surface area contributed by atoms with Crippen LogP contribution in [0.1, 0.15) is 0 Å². The molecule has 0 saturated heterocycles. The van der Waals surface area contributed by atoms with E-state index in [0.29, 0.717) is 0 Å². The van der Waals surface area contributed by atoms with Crippen LogP contribution in [0, 0.1) is 0 Å². The summed E-state index contributed by atoms with van der Waals surface area (Å²) in [5.74, 6) is 0. The first-order chi connectivity index (χ1) is 2.94. The molecular weight excluding hydrogens is 170 g/mol. The monoisotopic (exact) mass is 178 g/mol. The van der Waals surface area contributed by atoms with Gasteiger partial charge in [0.1, 0.15) is 0 Å². The Balaban J connectivity index is 0. The Labute approximate surface area is 74.9 Å². The fraction of sp³-hybridized carbons (Fsp3) is 1.00. The molecule has 8 heavy (non-hydrogen) atoms. The summed E-state index contributed by atoms with van der Waals surface area (Å²) in [4.78, 5) is 0. The van der Waals surface area contributed by atoms with Crippen LogP contribution in [0.4, 0.5) is 0 Å². The van der Waals surface area contributed by atoms with Crippen molar-refractivity contribution in [1.82, 2.24) is 0 Å². The molecule has 0 atom stereocenters. The molecule has 0 radical (unpaired) electrons. The van der Waals surface area contributed by atoms with Crippen molar-refractivity contribution in [3.05, 3.63) is 0 Å². The molecule has 0 aliphatic carbocycles. The molecule has 0 aliphatic heterocycles. The second kappa shape index (κ2) is 4.43. The van der Waals surface area contributed by atoms with E-state index in [1.165, 1.54) is 0 Å². The first kappa shape index (κ1) is 12.3. The third kappa shape index (κ3) is 5.74. The summed E-state index contributed by atoms with van der Waals surface area (Å²) >= 11 is 11.4. The van der Waals surface area contributed by atoms with Crippen molar-refractivity contribution in [1.29, 1.82) is 0 Å². The third-order valence-corrected chi connectivity index (χ3v) is 15.3. The summed E-state index contributed by atoms with van der Waals surface area (Å²) in [5.41, 5.74) is 0. The molecule has 44 valence electrons. The molecule has 0 spiro atoms. The van der Waals surface area contributed by atoms with Crippen LogP contribution in [-0.4, -0.2) is 14.5 Å². The molecule has 0 saturated carbocycles. The molecule has 0 aromatic heterocycles. The van der Waals surface area contributed by atoms with Crippen LogP contribution < -0.4 is 18.9 Å². The molecule has 0 nitrogen and oxygen atoms in total. The smallest absolute Gasteiger partial charge is 0.371 e. The summed E-state index contributed by atoms with van der Waals surface area (Å²) in [6.07, 6.45) is 0. The second-order valence-corrected chi connectivity index (χ2v) is 18.3. The SMILES string of the molecule is C[Si](C)(C)[Si-](Cl)Cl.[Li+]. The van der Waals surface area contributed by atoms with Gasteiger partial charge in [-0.15, -0.1) is 0 Å². The van der Waals surface area contributed by atoms with E-state index in [1.807, 2.05) is 0 Å². The van der Waals surface area contributed by atoms with Gasteiger partial charge < -0.3 is 22.2 Å². The van der Waals surface area contributed by atoms with Crippen LogP contribution in [0.2, 0.25) is 19.6 Å². The molecule has 5 heteroatoms. The van der Waals surface area contributed by atoms with Crippen molar-refractivity contribution in [2.75, 3.05) is 0 Å². The second-order valence-electron chi connectivity index (χ2n) is 2.51. The largest absolute Gasteiger partial charge is 1.00 e. The maximum Gasteiger partial charge on any atom is 1.00 e. The van der Waals surface area contributed by atoms with E-state index in [0.717, 1.165) is 0 Å². The van der Waals surface area contributed by atoms with E-state index in [-0.39, 0.29) is 18.9 Å². The minimum Gasteiger partial charge on any atom is -0.371 e. The zero-order valence-electron chi connectivity index (χ0n) is 5.76. The zero-order valence-corrected chi connectivity index (χ0v) is 9.27. The van der Waals surface area contributed by atoms with Gasteiger partial charge in [-0.3, -0.25) is 0 Å². The molecule has 0 N–H and O–H groups in total. The Morgan fingerprint density at radius 1 is 1.12 bits per heavy atom. The molecule has 0 unspecified atom stereocenters. The van der Waals surface area contributed by atoms with Gasteiger partial charge in [0, 0.05) is 0 Å². The Kier molecular flexibility index (Phi) is 6.81. The van der Waals surface area contributed by atoms with E-state index in [2.05, 4.69) is 19.6 Å². The molecule has 0 bridgehead atoms. The van der Waals surface area contributed by atoms with Gasteiger partial charge in [-0.1, -0.05) is 34.2 Å². The van der Waals surface area contributed by atoms with Crippen molar-refractivity contribution in [2.45, 2.75) is 19.6 Å². The summed E-state index contributed by atoms with van der Waals surface area (Å²) in [6.45, 7) is 5.58. The molecular formula is C3H9Cl2LiSi2. The average molecular weight is 179 g/mol.